The second-order valence-electron chi connectivity index (χ2n) is 4.58. The van der Waals surface area contributed by atoms with E-state index in [4.69, 9.17) is 16.3 Å². The van der Waals surface area contributed by atoms with E-state index < -0.39 is 0 Å². The molecule has 0 bridgehead atoms. The van der Waals surface area contributed by atoms with Crippen LogP contribution < -0.4 is 10.1 Å². The van der Waals surface area contributed by atoms with Crippen LogP contribution in [0.2, 0.25) is 0 Å². The maximum Gasteiger partial charge on any atom is 0.232 e. The van der Waals surface area contributed by atoms with Crippen molar-refractivity contribution in [3.63, 3.8) is 0 Å². The van der Waals surface area contributed by atoms with Gasteiger partial charge in [0, 0.05) is 11.9 Å². The van der Waals surface area contributed by atoms with Gasteiger partial charge in [-0.25, -0.2) is 4.98 Å². The Balaban J connectivity index is 2.00. The molecule has 100 valence electrons. The molecule has 0 aromatic carbocycles. The predicted molar refractivity (Wildman–Crippen MR) is 76.4 cm³/mol. The molecule has 0 radical (unpaired) electrons. The number of hydrogen-bond acceptors (Lipinski definition) is 4. The summed E-state index contributed by atoms with van der Waals surface area (Å²) in [7, 11) is 1.60. The van der Waals surface area contributed by atoms with E-state index in [9.17, 15) is 0 Å². The van der Waals surface area contributed by atoms with Crippen LogP contribution in [0.15, 0.2) is 10.7 Å². The molecule has 1 aromatic rings. The highest BCUT2D eigenvalue weighted by molar-refractivity contribution is 9.10. The molecular formula is C12H17BrClN3O. The van der Waals surface area contributed by atoms with Crippen LogP contribution in [0.3, 0.4) is 0 Å². The summed E-state index contributed by atoms with van der Waals surface area (Å²) in [5, 5.41) is 3.37. The van der Waals surface area contributed by atoms with Crippen LogP contribution in [0.25, 0.3) is 0 Å². The maximum atomic E-state index is 5.93. The molecule has 1 N–H and O–H groups in total. The van der Waals surface area contributed by atoms with E-state index in [1.165, 1.54) is 12.8 Å². The van der Waals surface area contributed by atoms with E-state index in [0.717, 1.165) is 23.2 Å². The van der Waals surface area contributed by atoms with Gasteiger partial charge in [0.1, 0.15) is 0 Å². The quantitative estimate of drug-likeness (QED) is 0.857. The highest BCUT2D eigenvalue weighted by atomic mass is 79.9. The zero-order chi connectivity index (χ0) is 13.0. The molecular weight excluding hydrogens is 318 g/mol. The molecule has 0 aliphatic heterocycles. The Labute approximate surface area is 121 Å². The molecule has 1 heterocycles. The van der Waals surface area contributed by atoms with Crippen molar-refractivity contribution >= 4 is 33.5 Å². The van der Waals surface area contributed by atoms with E-state index in [2.05, 4.69) is 31.2 Å². The second-order valence-corrected chi connectivity index (χ2v) is 5.74. The first-order chi connectivity index (χ1) is 8.72. The zero-order valence-corrected chi connectivity index (χ0v) is 12.7. The highest BCUT2D eigenvalue weighted by Gasteiger charge is 2.22. The number of anilines is 1. The minimum absolute atomic E-state index is 0.411. The van der Waals surface area contributed by atoms with Crippen molar-refractivity contribution in [1.29, 1.82) is 0 Å². The van der Waals surface area contributed by atoms with Crippen LogP contribution in [-0.2, 0) is 0 Å². The number of nitrogens with one attached hydrogen (secondary N) is 1. The largest absolute Gasteiger partial charge is 0.480 e. The Morgan fingerprint density at radius 3 is 3.11 bits per heavy atom. The normalized spacial score (nSPS) is 23.7. The van der Waals surface area contributed by atoms with Gasteiger partial charge in [0.25, 0.3) is 0 Å². The maximum absolute atomic E-state index is 5.93. The average Bonchev–Trinajstić information content (AvgIpc) is 2.41. The van der Waals surface area contributed by atoms with Gasteiger partial charge in [0.05, 0.1) is 17.8 Å². The van der Waals surface area contributed by atoms with Crippen LogP contribution in [0.4, 0.5) is 5.95 Å². The lowest BCUT2D eigenvalue weighted by molar-refractivity contribution is 0.360. The first-order valence-electron chi connectivity index (χ1n) is 6.12. The molecule has 0 spiro atoms. The number of aromatic nitrogens is 2. The third-order valence-corrected chi connectivity index (χ3v) is 4.22. The van der Waals surface area contributed by atoms with Crippen molar-refractivity contribution in [3.8, 4) is 5.88 Å². The van der Waals surface area contributed by atoms with Crippen LogP contribution in [0, 0.1) is 5.92 Å². The summed E-state index contributed by atoms with van der Waals surface area (Å²) in [5.41, 5.74) is 0. The molecule has 1 aliphatic rings. The van der Waals surface area contributed by atoms with Crippen LogP contribution in [0.5, 0.6) is 5.88 Å². The number of hydrogen-bond donors (Lipinski definition) is 1. The Hall–Kier alpha value is -0.550. The van der Waals surface area contributed by atoms with Gasteiger partial charge in [-0.1, -0.05) is 6.42 Å². The lowest BCUT2D eigenvalue weighted by Crippen LogP contribution is -2.28. The second kappa shape index (κ2) is 6.57. The van der Waals surface area contributed by atoms with Gasteiger partial charge in [0.15, 0.2) is 0 Å². The van der Waals surface area contributed by atoms with Crippen molar-refractivity contribution in [1.82, 2.24) is 9.97 Å². The Bertz CT molecular complexity index is 405. The van der Waals surface area contributed by atoms with E-state index in [1.54, 1.807) is 13.3 Å². The molecule has 1 fully saturated rings. The minimum Gasteiger partial charge on any atom is -0.480 e. The van der Waals surface area contributed by atoms with Crippen molar-refractivity contribution < 1.29 is 4.74 Å². The van der Waals surface area contributed by atoms with Crippen LogP contribution >= 0.6 is 27.5 Å². The molecule has 1 aromatic heterocycles. The summed E-state index contributed by atoms with van der Waals surface area (Å²) in [5.74, 6) is 2.52. The van der Waals surface area contributed by atoms with Gasteiger partial charge in [-0.3, -0.25) is 0 Å². The summed E-state index contributed by atoms with van der Waals surface area (Å²) >= 11 is 9.27. The van der Waals surface area contributed by atoms with Gasteiger partial charge in [0.2, 0.25) is 11.8 Å². The fourth-order valence-electron chi connectivity index (χ4n) is 2.31. The van der Waals surface area contributed by atoms with Gasteiger partial charge in [-0.05, 0) is 41.1 Å². The lowest BCUT2D eigenvalue weighted by Gasteiger charge is -2.28. The van der Waals surface area contributed by atoms with Gasteiger partial charge in [-0.2, -0.15) is 4.98 Å². The predicted octanol–water partition coefficient (Wildman–Crippen LogP) is 3.46. The lowest BCUT2D eigenvalue weighted by atomic mass is 9.87. The van der Waals surface area contributed by atoms with Crippen molar-refractivity contribution in [3.05, 3.63) is 10.7 Å². The van der Waals surface area contributed by atoms with Crippen molar-refractivity contribution in [2.75, 3.05) is 18.3 Å². The van der Waals surface area contributed by atoms with E-state index in [0.29, 0.717) is 23.8 Å². The fourth-order valence-corrected chi connectivity index (χ4v) is 2.94. The van der Waals surface area contributed by atoms with Crippen molar-refractivity contribution in [2.45, 2.75) is 31.7 Å². The van der Waals surface area contributed by atoms with E-state index in [-0.39, 0.29) is 0 Å². The number of alkyl halides is 1. The molecule has 1 saturated carbocycles. The monoisotopic (exact) mass is 333 g/mol. The molecule has 2 atom stereocenters. The summed E-state index contributed by atoms with van der Waals surface area (Å²) in [6.45, 7) is 0. The summed E-state index contributed by atoms with van der Waals surface area (Å²) in [4.78, 5) is 8.56. The topological polar surface area (TPSA) is 47.0 Å². The number of rotatable bonds is 4. The number of nitrogens with zero attached hydrogens (tertiary/aromatic N) is 2. The van der Waals surface area contributed by atoms with E-state index >= 15 is 0 Å². The summed E-state index contributed by atoms with van der Waals surface area (Å²) < 4.78 is 5.92. The molecule has 0 amide bonds. The molecule has 2 rings (SSSR count). The molecule has 6 heteroatoms. The Morgan fingerprint density at radius 2 is 2.39 bits per heavy atom. The number of halogens is 2. The van der Waals surface area contributed by atoms with Crippen LogP contribution in [-0.4, -0.2) is 29.0 Å². The van der Waals surface area contributed by atoms with Gasteiger partial charge >= 0.3 is 0 Å². The Kier molecular flexibility index (Phi) is 5.06. The smallest absolute Gasteiger partial charge is 0.232 e. The Morgan fingerprint density at radius 1 is 1.56 bits per heavy atom. The minimum atomic E-state index is 0.411. The van der Waals surface area contributed by atoms with Crippen LogP contribution in [0.1, 0.15) is 25.7 Å². The summed E-state index contributed by atoms with van der Waals surface area (Å²) in [6, 6.07) is 0.411. The van der Waals surface area contributed by atoms with E-state index in [1.807, 2.05) is 0 Å². The first-order valence-corrected chi connectivity index (χ1v) is 7.44. The SMILES string of the molecule is COc1nc(NC2CCCC(CCl)C2)ncc1Br. The molecule has 18 heavy (non-hydrogen) atoms. The third-order valence-electron chi connectivity index (χ3n) is 3.24. The standard InChI is InChI=1S/C12H17BrClN3O/c1-18-11-10(13)7-15-12(17-11)16-9-4-2-3-8(5-9)6-14/h7-9H,2-6H2,1H3,(H,15,16,17). The zero-order valence-electron chi connectivity index (χ0n) is 10.3. The van der Waals surface area contributed by atoms with Gasteiger partial charge in [-0.15, -0.1) is 11.6 Å². The summed E-state index contributed by atoms with van der Waals surface area (Å²) in [6.07, 6.45) is 6.38. The highest BCUT2D eigenvalue weighted by Crippen LogP contribution is 2.28. The van der Waals surface area contributed by atoms with Gasteiger partial charge < -0.3 is 10.1 Å². The molecule has 1 aliphatic carbocycles. The fraction of sp³-hybridized carbons (Fsp3) is 0.667. The average molecular weight is 335 g/mol. The first kappa shape index (κ1) is 13.9. The number of ether oxygens (including phenoxy) is 1. The van der Waals surface area contributed by atoms with Crippen molar-refractivity contribution in [2.24, 2.45) is 5.92 Å². The number of methoxy groups -OCH3 is 1. The molecule has 0 saturated heterocycles. The third kappa shape index (κ3) is 3.48. The molecule has 2 unspecified atom stereocenters. The molecule has 4 nitrogen and oxygen atoms in total.